The van der Waals surface area contributed by atoms with Crippen molar-refractivity contribution in [2.24, 2.45) is 0 Å². The Hall–Kier alpha value is -4.04. The maximum atomic E-state index is 11.3. The lowest BCUT2D eigenvalue weighted by atomic mass is 9.90. The molecule has 0 saturated carbocycles. The highest BCUT2D eigenvalue weighted by Crippen LogP contribution is 2.46. The fourth-order valence-electron chi connectivity index (χ4n) is 4.67. The van der Waals surface area contributed by atoms with E-state index in [9.17, 15) is 5.11 Å². The zero-order chi connectivity index (χ0) is 20.9. The van der Waals surface area contributed by atoms with Crippen LogP contribution in [0.5, 0.6) is 11.5 Å². The van der Waals surface area contributed by atoms with E-state index in [2.05, 4.69) is 78.9 Å². The van der Waals surface area contributed by atoms with Crippen molar-refractivity contribution in [1.82, 2.24) is 0 Å². The van der Waals surface area contributed by atoms with Gasteiger partial charge >= 0.3 is 0 Å². The van der Waals surface area contributed by atoms with E-state index in [1.165, 1.54) is 10.8 Å². The number of hydrogen-bond acceptors (Lipinski definition) is 2. The first-order valence-electron chi connectivity index (χ1n) is 10.4. The van der Waals surface area contributed by atoms with Crippen molar-refractivity contribution in [1.29, 1.82) is 0 Å². The molecule has 0 radical (unpaired) electrons. The van der Waals surface area contributed by atoms with Crippen LogP contribution in [-0.2, 0) is 0 Å². The average Bonchev–Trinajstić information content (AvgIpc) is 2.81. The highest BCUT2D eigenvalue weighted by molar-refractivity contribution is 6.13. The maximum absolute atomic E-state index is 11.3. The van der Waals surface area contributed by atoms with E-state index in [1.54, 1.807) is 7.11 Å². The minimum Gasteiger partial charge on any atom is -0.504 e. The minimum atomic E-state index is 0.172. The van der Waals surface area contributed by atoms with Crippen LogP contribution < -0.4 is 4.74 Å². The van der Waals surface area contributed by atoms with Crippen LogP contribution in [0.1, 0.15) is 0 Å². The van der Waals surface area contributed by atoms with Gasteiger partial charge in [0, 0.05) is 5.56 Å². The van der Waals surface area contributed by atoms with Gasteiger partial charge in [-0.05, 0) is 79.0 Å². The van der Waals surface area contributed by atoms with Gasteiger partial charge in [-0.2, -0.15) is 0 Å². The lowest BCUT2D eigenvalue weighted by Crippen LogP contribution is -1.91. The quantitative estimate of drug-likeness (QED) is 0.302. The van der Waals surface area contributed by atoms with Gasteiger partial charge < -0.3 is 9.84 Å². The first kappa shape index (κ1) is 17.8. The largest absolute Gasteiger partial charge is 0.504 e. The molecule has 2 nitrogen and oxygen atoms in total. The summed E-state index contributed by atoms with van der Waals surface area (Å²) in [4.78, 5) is 0. The fourth-order valence-corrected chi connectivity index (χ4v) is 4.67. The Morgan fingerprint density at radius 1 is 0.548 bits per heavy atom. The Labute approximate surface area is 179 Å². The summed E-state index contributed by atoms with van der Waals surface area (Å²) in [5.41, 5.74) is 1.81. The van der Waals surface area contributed by atoms with E-state index >= 15 is 0 Å². The predicted octanol–water partition coefficient (Wildman–Crippen LogP) is 7.68. The number of rotatable bonds is 2. The normalized spacial score (nSPS) is 11.5. The van der Waals surface area contributed by atoms with Crippen LogP contribution in [0, 0.1) is 0 Å². The number of phenols is 1. The van der Waals surface area contributed by atoms with Gasteiger partial charge in [-0.25, -0.2) is 0 Å². The third-order valence-corrected chi connectivity index (χ3v) is 6.18. The highest BCUT2D eigenvalue weighted by Gasteiger charge is 2.18. The van der Waals surface area contributed by atoms with Crippen molar-refractivity contribution in [3.05, 3.63) is 97.1 Å². The SMILES string of the molecule is COc1cc2cc3ccccc3cc2c(-c2cccc3cc4ccccc4cc23)c1O. The second-order valence-corrected chi connectivity index (χ2v) is 7.95. The molecule has 0 aliphatic rings. The Morgan fingerprint density at radius 3 is 1.74 bits per heavy atom. The molecule has 1 N–H and O–H groups in total. The van der Waals surface area contributed by atoms with Gasteiger partial charge in [0.1, 0.15) is 0 Å². The third-order valence-electron chi connectivity index (χ3n) is 6.18. The molecule has 0 saturated heterocycles. The van der Waals surface area contributed by atoms with Gasteiger partial charge in [0.15, 0.2) is 11.5 Å². The molecule has 0 unspecified atom stereocenters. The molecule has 31 heavy (non-hydrogen) atoms. The van der Waals surface area contributed by atoms with Crippen LogP contribution in [0.2, 0.25) is 0 Å². The van der Waals surface area contributed by atoms with Gasteiger partial charge in [-0.3, -0.25) is 0 Å². The Morgan fingerprint density at radius 2 is 1.10 bits per heavy atom. The summed E-state index contributed by atoms with van der Waals surface area (Å²) in [6, 6.07) is 33.6. The van der Waals surface area contributed by atoms with Crippen molar-refractivity contribution >= 4 is 43.1 Å². The van der Waals surface area contributed by atoms with Crippen LogP contribution in [0.3, 0.4) is 0 Å². The molecule has 0 aromatic heterocycles. The molecular weight excluding hydrogens is 380 g/mol. The first-order chi connectivity index (χ1) is 15.2. The lowest BCUT2D eigenvalue weighted by Gasteiger charge is -2.16. The molecule has 0 aliphatic heterocycles. The lowest BCUT2D eigenvalue weighted by molar-refractivity contribution is 0.375. The van der Waals surface area contributed by atoms with Crippen LogP contribution in [0.4, 0.5) is 0 Å². The van der Waals surface area contributed by atoms with E-state index in [0.717, 1.165) is 43.4 Å². The second kappa shape index (κ2) is 6.75. The maximum Gasteiger partial charge on any atom is 0.166 e. The fraction of sp³-hybridized carbons (Fsp3) is 0.0345. The van der Waals surface area contributed by atoms with E-state index in [-0.39, 0.29) is 5.75 Å². The summed E-state index contributed by atoms with van der Waals surface area (Å²) in [7, 11) is 1.60. The van der Waals surface area contributed by atoms with Crippen LogP contribution >= 0.6 is 0 Å². The van der Waals surface area contributed by atoms with E-state index < -0.39 is 0 Å². The number of methoxy groups -OCH3 is 1. The molecule has 6 aromatic rings. The number of ether oxygens (including phenoxy) is 1. The molecule has 6 rings (SSSR count). The van der Waals surface area contributed by atoms with Crippen LogP contribution in [0.25, 0.3) is 54.2 Å². The van der Waals surface area contributed by atoms with Crippen molar-refractivity contribution in [3.63, 3.8) is 0 Å². The third kappa shape index (κ3) is 2.72. The summed E-state index contributed by atoms with van der Waals surface area (Å²) in [5.74, 6) is 0.654. The summed E-state index contributed by atoms with van der Waals surface area (Å²) < 4.78 is 5.56. The summed E-state index contributed by atoms with van der Waals surface area (Å²) >= 11 is 0. The number of benzene rings is 6. The zero-order valence-electron chi connectivity index (χ0n) is 17.1. The van der Waals surface area contributed by atoms with Gasteiger partial charge in [0.05, 0.1) is 7.11 Å². The second-order valence-electron chi connectivity index (χ2n) is 7.95. The Kier molecular flexibility index (Phi) is 3.87. The summed E-state index contributed by atoms with van der Waals surface area (Å²) in [5, 5.41) is 20.3. The van der Waals surface area contributed by atoms with Gasteiger partial charge in [0.2, 0.25) is 0 Å². The van der Waals surface area contributed by atoms with Gasteiger partial charge in [-0.15, -0.1) is 0 Å². The summed E-state index contributed by atoms with van der Waals surface area (Å²) in [6.07, 6.45) is 0. The van der Waals surface area contributed by atoms with Crippen molar-refractivity contribution in [2.75, 3.05) is 7.11 Å². The van der Waals surface area contributed by atoms with Gasteiger partial charge in [0.25, 0.3) is 0 Å². The van der Waals surface area contributed by atoms with Crippen molar-refractivity contribution in [2.45, 2.75) is 0 Å². The van der Waals surface area contributed by atoms with Crippen LogP contribution in [-0.4, -0.2) is 12.2 Å². The van der Waals surface area contributed by atoms with E-state index in [4.69, 9.17) is 4.74 Å². The molecule has 0 amide bonds. The first-order valence-corrected chi connectivity index (χ1v) is 10.4. The molecule has 2 heteroatoms. The molecule has 0 heterocycles. The highest BCUT2D eigenvalue weighted by atomic mass is 16.5. The van der Waals surface area contributed by atoms with Crippen molar-refractivity contribution in [3.8, 4) is 22.6 Å². The number of phenolic OH excluding ortho intramolecular Hbond substituents is 1. The predicted molar refractivity (Wildman–Crippen MR) is 130 cm³/mol. The monoisotopic (exact) mass is 400 g/mol. The van der Waals surface area contributed by atoms with E-state index in [0.29, 0.717) is 5.75 Å². The number of fused-ring (bicyclic) bond motifs is 4. The standard InChI is InChI=1S/C29H20O2/c1-31-27-17-23-14-19-8-3-5-10-21(19)16-26(23)28(29(27)30)24-12-6-11-22-13-18-7-2-4-9-20(18)15-25(22)24/h2-17,30H,1H3. The van der Waals surface area contributed by atoms with Crippen molar-refractivity contribution < 1.29 is 9.84 Å². The average molecular weight is 400 g/mol. The molecular formula is C29H20O2. The molecule has 0 atom stereocenters. The molecule has 0 aliphatic carbocycles. The smallest absolute Gasteiger partial charge is 0.166 e. The molecule has 148 valence electrons. The van der Waals surface area contributed by atoms with E-state index in [1.807, 2.05) is 18.2 Å². The molecule has 0 bridgehead atoms. The molecule has 6 aromatic carbocycles. The molecule has 0 spiro atoms. The number of hydrogen-bond donors (Lipinski definition) is 1. The Balaban J connectivity index is 1.78. The minimum absolute atomic E-state index is 0.172. The van der Waals surface area contributed by atoms with Gasteiger partial charge in [-0.1, -0.05) is 66.7 Å². The molecule has 0 fully saturated rings. The number of aromatic hydroxyl groups is 1. The topological polar surface area (TPSA) is 29.5 Å². The zero-order valence-corrected chi connectivity index (χ0v) is 17.1. The Bertz CT molecular complexity index is 1630. The summed E-state index contributed by atoms with van der Waals surface area (Å²) in [6.45, 7) is 0. The van der Waals surface area contributed by atoms with Crippen LogP contribution in [0.15, 0.2) is 97.1 Å².